The van der Waals surface area contributed by atoms with Crippen molar-refractivity contribution < 1.29 is 9.32 Å². The molecule has 5 rings (SSSR count). The van der Waals surface area contributed by atoms with Crippen LogP contribution < -0.4 is 0 Å². The van der Waals surface area contributed by atoms with E-state index < -0.39 is 0 Å². The average molecular weight is 423 g/mol. The number of nitrogens with zero attached hydrogens (tertiary/aromatic N) is 4. The first-order valence-electron chi connectivity index (χ1n) is 10.4. The molecule has 0 N–H and O–H groups in total. The van der Waals surface area contributed by atoms with E-state index in [1.54, 1.807) is 0 Å². The van der Waals surface area contributed by atoms with Gasteiger partial charge in [0, 0.05) is 47.8 Å². The van der Waals surface area contributed by atoms with Crippen molar-refractivity contribution in [1.82, 2.24) is 20.0 Å². The number of benzene rings is 1. The molecule has 7 heteroatoms. The molecule has 1 saturated carbocycles. The minimum Gasteiger partial charge on any atom is -0.356 e. The van der Waals surface area contributed by atoms with Gasteiger partial charge < -0.3 is 9.42 Å². The van der Waals surface area contributed by atoms with E-state index in [4.69, 9.17) is 21.1 Å². The van der Waals surface area contributed by atoms with Gasteiger partial charge in [-0.05, 0) is 56.9 Å². The van der Waals surface area contributed by atoms with Gasteiger partial charge in [-0.15, -0.1) is 0 Å². The molecule has 6 nitrogen and oxygen atoms in total. The average Bonchev–Trinajstić information content (AvgIpc) is 3.54. The van der Waals surface area contributed by atoms with Crippen LogP contribution in [0.25, 0.3) is 22.7 Å². The van der Waals surface area contributed by atoms with Gasteiger partial charge in [0.05, 0.1) is 17.0 Å². The fourth-order valence-corrected chi connectivity index (χ4v) is 4.21. The maximum absolute atomic E-state index is 12.4. The first kappa shape index (κ1) is 19.2. The topological polar surface area (TPSA) is 72.1 Å². The predicted molar refractivity (Wildman–Crippen MR) is 114 cm³/mol. The molecule has 1 aliphatic heterocycles. The zero-order valence-corrected chi connectivity index (χ0v) is 17.6. The lowest BCUT2D eigenvalue weighted by molar-refractivity contribution is -0.133. The highest BCUT2D eigenvalue weighted by Crippen LogP contribution is 2.37. The number of hydrogen-bond acceptors (Lipinski definition) is 5. The third-order valence-corrected chi connectivity index (χ3v) is 6.19. The van der Waals surface area contributed by atoms with E-state index in [1.807, 2.05) is 48.4 Å². The van der Waals surface area contributed by atoms with Crippen LogP contribution in [0.5, 0.6) is 0 Å². The Hall–Kier alpha value is -2.73. The Morgan fingerprint density at radius 2 is 1.87 bits per heavy atom. The third-order valence-electron chi connectivity index (χ3n) is 5.93. The second-order valence-electron chi connectivity index (χ2n) is 8.21. The van der Waals surface area contributed by atoms with E-state index in [-0.39, 0.29) is 11.8 Å². The predicted octanol–water partition coefficient (Wildman–Crippen LogP) is 4.88. The molecule has 2 fully saturated rings. The van der Waals surface area contributed by atoms with Crippen molar-refractivity contribution in [2.24, 2.45) is 5.92 Å². The summed E-state index contributed by atoms with van der Waals surface area (Å²) >= 11 is 6.03. The Labute approximate surface area is 180 Å². The van der Waals surface area contributed by atoms with Crippen LogP contribution in [0, 0.1) is 12.8 Å². The molecule has 1 aromatic carbocycles. The zero-order chi connectivity index (χ0) is 20.7. The van der Waals surface area contributed by atoms with Crippen molar-refractivity contribution in [3.05, 3.63) is 52.9 Å². The number of rotatable bonds is 4. The highest BCUT2D eigenvalue weighted by molar-refractivity contribution is 6.30. The molecule has 1 saturated heterocycles. The van der Waals surface area contributed by atoms with Gasteiger partial charge in [0.15, 0.2) is 11.6 Å². The standard InChI is InChI=1S/C23H23ClN4O2/c1-14-12-20(30-27-14)19-13-25-22(16-4-6-18(24)7-5-16)26-21(19)15-8-10-28(11-9-15)23(29)17-2-3-17/h4-7,12-13,15,17H,2-3,8-11H2,1H3. The minimum atomic E-state index is 0.239. The molecule has 0 spiro atoms. The highest BCUT2D eigenvalue weighted by Gasteiger charge is 2.36. The largest absolute Gasteiger partial charge is 0.356 e. The molecule has 154 valence electrons. The normalized spacial score (nSPS) is 17.3. The summed E-state index contributed by atoms with van der Waals surface area (Å²) in [6.45, 7) is 3.45. The van der Waals surface area contributed by atoms with Gasteiger partial charge in [0.25, 0.3) is 0 Å². The Morgan fingerprint density at radius 1 is 1.13 bits per heavy atom. The summed E-state index contributed by atoms with van der Waals surface area (Å²) in [5, 5.41) is 4.71. The zero-order valence-electron chi connectivity index (χ0n) is 16.8. The van der Waals surface area contributed by atoms with Gasteiger partial charge in [0.2, 0.25) is 5.91 Å². The number of piperidine rings is 1. The summed E-state index contributed by atoms with van der Waals surface area (Å²) in [6.07, 6.45) is 5.69. The van der Waals surface area contributed by atoms with Crippen molar-refractivity contribution in [3.63, 3.8) is 0 Å². The van der Waals surface area contributed by atoms with Crippen molar-refractivity contribution >= 4 is 17.5 Å². The van der Waals surface area contributed by atoms with Gasteiger partial charge in [0.1, 0.15) is 0 Å². The minimum absolute atomic E-state index is 0.239. The lowest BCUT2D eigenvalue weighted by atomic mass is 9.90. The maximum Gasteiger partial charge on any atom is 0.225 e. The van der Waals surface area contributed by atoms with Crippen LogP contribution in [-0.2, 0) is 4.79 Å². The molecule has 0 radical (unpaired) electrons. The van der Waals surface area contributed by atoms with E-state index in [1.165, 1.54) is 0 Å². The number of amides is 1. The molecule has 3 heterocycles. The first-order chi connectivity index (χ1) is 14.6. The van der Waals surface area contributed by atoms with E-state index >= 15 is 0 Å². The molecule has 1 amide bonds. The van der Waals surface area contributed by atoms with Crippen LogP contribution in [0.1, 0.15) is 43.0 Å². The summed E-state index contributed by atoms with van der Waals surface area (Å²) in [5.74, 6) is 2.18. The lowest BCUT2D eigenvalue weighted by Gasteiger charge is -2.32. The summed E-state index contributed by atoms with van der Waals surface area (Å²) in [5.41, 5.74) is 3.58. The Morgan fingerprint density at radius 3 is 2.50 bits per heavy atom. The monoisotopic (exact) mass is 422 g/mol. The molecule has 0 unspecified atom stereocenters. The van der Waals surface area contributed by atoms with Gasteiger partial charge in [-0.1, -0.05) is 16.8 Å². The molecule has 2 aromatic heterocycles. The Bertz CT molecular complexity index is 1070. The lowest BCUT2D eigenvalue weighted by Crippen LogP contribution is -2.39. The second-order valence-corrected chi connectivity index (χ2v) is 8.64. The van der Waals surface area contributed by atoms with Crippen LogP contribution >= 0.6 is 11.6 Å². The molecule has 1 aliphatic carbocycles. The van der Waals surface area contributed by atoms with E-state index in [2.05, 4.69) is 10.1 Å². The van der Waals surface area contributed by atoms with Crippen LogP contribution in [0.15, 0.2) is 41.1 Å². The maximum atomic E-state index is 12.4. The highest BCUT2D eigenvalue weighted by atomic mass is 35.5. The van der Waals surface area contributed by atoms with Crippen LogP contribution in [0.3, 0.4) is 0 Å². The second kappa shape index (κ2) is 7.84. The smallest absolute Gasteiger partial charge is 0.225 e. The quantitative estimate of drug-likeness (QED) is 0.599. The fraction of sp³-hybridized carbons (Fsp3) is 0.391. The molecular formula is C23H23ClN4O2. The number of hydrogen-bond donors (Lipinski definition) is 0. The number of aromatic nitrogens is 3. The first-order valence-corrected chi connectivity index (χ1v) is 10.8. The van der Waals surface area contributed by atoms with Gasteiger partial charge in [-0.25, -0.2) is 9.97 Å². The van der Waals surface area contributed by atoms with Crippen molar-refractivity contribution in [2.75, 3.05) is 13.1 Å². The molecule has 2 aliphatic rings. The molecular weight excluding hydrogens is 400 g/mol. The number of likely N-dealkylation sites (tertiary alicyclic amines) is 1. The summed E-state index contributed by atoms with van der Waals surface area (Å²) in [4.78, 5) is 24.0. The van der Waals surface area contributed by atoms with E-state index in [9.17, 15) is 4.79 Å². The van der Waals surface area contributed by atoms with Crippen molar-refractivity contribution in [2.45, 2.75) is 38.5 Å². The fourth-order valence-electron chi connectivity index (χ4n) is 4.09. The Balaban J connectivity index is 1.47. The summed E-state index contributed by atoms with van der Waals surface area (Å²) in [7, 11) is 0. The molecule has 30 heavy (non-hydrogen) atoms. The number of carbonyl (C=O) groups is 1. The van der Waals surface area contributed by atoms with Crippen molar-refractivity contribution in [1.29, 1.82) is 0 Å². The van der Waals surface area contributed by atoms with Crippen LogP contribution in [-0.4, -0.2) is 39.0 Å². The number of halogens is 1. The van der Waals surface area contributed by atoms with Gasteiger partial charge >= 0.3 is 0 Å². The molecule has 0 atom stereocenters. The van der Waals surface area contributed by atoms with Gasteiger partial charge in [-0.3, -0.25) is 4.79 Å². The number of carbonyl (C=O) groups excluding carboxylic acids is 1. The van der Waals surface area contributed by atoms with Gasteiger partial charge in [-0.2, -0.15) is 0 Å². The van der Waals surface area contributed by atoms with E-state index in [0.717, 1.165) is 61.3 Å². The molecule has 0 bridgehead atoms. The Kier molecular flexibility index (Phi) is 5.03. The number of aryl methyl sites for hydroxylation is 1. The van der Waals surface area contributed by atoms with Crippen molar-refractivity contribution in [3.8, 4) is 22.7 Å². The summed E-state index contributed by atoms with van der Waals surface area (Å²) in [6, 6.07) is 9.45. The van der Waals surface area contributed by atoms with Crippen LogP contribution in [0.4, 0.5) is 0 Å². The molecule has 3 aromatic rings. The van der Waals surface area contributed by atoms with E-state index in [0.29, 0.717) is 22.5 Å². The summed E-state index contributed by atoms with van der Waals surface area (Å²) < 4.78 is 5.53. The third kappa shape index (κ3) is 3.84. The SMILES string of the molecule is Cc1cc(-c2cnc(-c3ccc(Cl)cc3)nc2C2CCN(C(=O)C3CC3)CC2)on1. The van der Waals surface area contributed by atoms with Crippen LogP contribution in [0.2, 0.25) is 5.02 Å².